The number of ether oxygens (including phenoxy) is 1. The van der Waals surface area contributed by atoms with Crippen molar-refractivity contribution in [3.8, 4) is 5.75 Å². The van der Waals surface area contributed by atoms with Gasteiger partial charge in [-0.2, -0.15) is 0 Å². The van der Waals surface area contributed by atoms with Crippen LogP contribution in [-0.2, 0) is 5.41 Å². The molecule has 0 fully saturated rings. The Hall–Kier alpha value is -1.22. The van der Waals surface area contributed by atoms with Crippen molar-refractivity contribution in [1.82, 2.24) is 0 Å². The number of hydrogen-bond donors (Lipinski definition) is 2. The predicted octanol–water partition coefficient (Wildman–Crippen LogP) is 3.42. The van der Waals surface area contributed by atoms with Crippen LogP contribution in [-0.4, -0.2) is 24.9 Å². The zero-order valence-electron chi connectivity index (χ0n) is 12.9. The molecule has 0 spiro atoms. The molecule has 1 aromatic rings. The molecule has 1 unspecified atom stereocenters. The summed E-state index contributed by atoms with van der Waals surface area (Å²) in [4.78, 5) is 0. The molecule has 0 saturated heterocycles. The number of aliphatic hydroxyl groups excluding tert-OH is 1. The highest BCUT2D eigenvalue weighted by Gasteiger charge is 2.20. The number of aliphatic hydroxyl groups is 1. The molecule has 0 radical (unpaired) electrons. The first kappa shape index (κ1) is 15.8. The summed E-state index contributed by atoms with van der Waals surface area (Å²) in [6, 6.07) is 6.17. The first-order valence-corrected chi connectivity index (χ1v) is 6.85. The Labute approximate surface area is 117 Å². The topological polar surface area (TPSA) is 41.5 Å². The first-order chi connectivity index (χ1) is 8.79. The molecule has 0 aliphatic heterocycles. The van der Waals surface area contributed by atoms with E-state index in [1.54, 1.807) is 7.11 Å². The molecular weight excluding hydrogens is 238 g/mol. The Morgan fingerprint density at radius 3 is 2.32 bits per heavy atom. The van der Waals surface area contributed by atoms with Crippen LogP contribution in [0.4, 0.5) is 5.69 Å². The van der Waals surface area contributed by atoms with Crippen molar-refractivity contribution < 1.29 is 9.84 Å². The highest BCUT2D eigenvalue weighted by Crippen LogP contribution is 2.33. The van der Waals surface area contributed by atoms with Crippen LogP contribution in [0.15, 0.2) is 18.2 Å². The molecule has 0 aliphatic rings. The second kappa shape index (κ2) is 6.29. The molecule has 0 heterocycles. The van der Waals surface area contributed by atoms with Gasteiger partial charge in [0.15, 0.2) is 0 Å². The van der Waals surface area contributed by atoms with Gasteiger partial charge in [-0.1, -0.05) is 34.6 Å². The highest BCUT2D eigenvalue weighted by molar-refractivity contribution is 5.54. The SMILES string of the molecule is COc1ccc(NC(CO)C(C)C)cc1C(C)(C)C. The van der Waals surface area contributed by atoms with E-state index < -0.39 is 0 Å². The summed E-state index contributed by atoms with van der Waals surface area (Å²) in [5.41, 5.74) is 2.22. The summed E-state index contributed by atoms with van der Waals surface area (Å²) < 4.78 is 5.43. The van der Waals surface area contributed by atoms with E-state index in [1.165, 1.54) is 5.56 Å². The third kappa shape index (κ3) is 4.13. The third-order valence-corrected chi connectivity index (χ3v) is 3.36. The van der Waals surface area contributed by atoms with E-state index in [1.807, 2.05) is 12.1 Å². The Morgan fingerprint density at radius 2 is 1.89 bits per heavy atom. The van der Waals surface area contributed by atoms with E-state index in [2.05, 4.69) is 46.0 Å². The fraction of sp³-hybridized carbons (Fsp3) is 0.625. The van der Waals surface area contributed by atoms with Gasteiger partial charge in [0.1, 0.15) is 5.75 Å². The minimum Gasteiger partial charge on any atom is -0.496 e. The maximum Gasteiger partial charge on any atom is 0.122 e. The normalized spacial score (nSPS) is 13.5. The van der Waals surface area contributed by atoms with Crippen LogP contribution in [0.1, 0.15) is 40.2 Å². The lowest BCUT2D eigenvalue weighted by Gasteiger charge is -2.25. The van der Waals surface area contributed by atoms with Gasteiger partial charge in [-0.05, 0) is 29.5 Å². The van der Waals surface area contributed by atoms with E-state index in [-0.39, 0.29) is 18.1 Å². The Morgan fingerprint density at radius 1 is 1.26 bits per heavy atom. The average molecular weight is 265 g/mol. The van der Waals surface area contributed by atoms with E-state index in [0.29, 0.717) is 5.92 Å². The molecule has 2 N–H and O–H groups in total. The van der Waals surface area contributed by atoms with Gasteiger partial charge in [0.2, 0.25) is 0 Å². The van der Waals surface area contributed by atoms with Crippen molar-refractivity contribution in [2.45, 2.75) is 46.1 Å². The van der Waals surface area contributed by atoms with Gasteiger partial charge in [0.05, 0.1) is 19.8 Å². The fourth-order valence-electron chi connectivity index (χ4n) is 2.02. The standard InChI is InChI=1S/C16H27NO2/c1-11(2)14(10-18)17-12-7-8-15(19-6)13(9-12)16(3,4)5/h7-9,11,14,17-18H,10H2,1-6H3. The van der Waals surface area contributed by atoms with Crippen LogP contribution < -0.4 is 10.1 Å². The summed E-state index contributed by atoms with van der Waals surface area (Å²) >= 11 is 0. The lowest BCUT2D eigenvalue weighted by molar-refractivity contribution is 0.249. The molecule has 0 aliphatic carbocycles. The summed E-state index contributed by atoms with van der Waals surface area (Å²) in [5, 5.41) is 12.8. The largest absolute Gasteiger partial charge is 0.496 e. The van der Waals surface area contributed by atoms with Gasteiger partial charge >= 0.3 is 0 Å². The van der Waals surface area contributed by atoms with Crippen LogP contribution in [0.5, 0.6) is 5.75 Å². The summed E-state index contributed by atoms with van der Waals surface area (Å²) in [5.74, 6) is 1.29. The number of nitrogens with one attached hydrogen (secondary N) is 1. The zero-order chi connectivity index (χ0) is 14.6. The molecule has 1 rings (SSSR count). The highest BCUT2D eigenvalue weighted by atomic mass is 16.5. The second-order valence-corrected chi connectivity index (χ2v) is 6.34. The quantitative estimate of drug-likeness (QED) is 0.857. The van der Waals surface area contributed by atoms with Crippen LogP contribution in [0.3, 0.4) is 0 Å². The fourth-order valence-corrected chi connectivity index (χ4v) is 2.02. The Bertz CT molecular complexity index is 408. The number of benzene rings is 1. The van der Waals surface area contributed by atoms with Crippen molar-refractivity contribution in [2.75, 3.05) is 19.0 Å². The minimum absolute atomic E-state index is 0.0234. The van der Waals surface area contributed by atoms with E-state index in [0.717, 1.165) is 11.4 Å². The second-order valence-electron chi connectivity index (χ2n) is 6.34. The van der Waals surface area contributed by atoms with Crippen molar-refractivity contribution in [3.05, 3.63) is 23.8 Å². The lowest BCUT2D eigenvalue weighted by atomic mass is 9.86. The van der Waals surface area contributed by atoms with Gasteiger partial charge in [-0.15, -0.1) is 0 Å². The first-order valence-electron chi connectivity index (χ1n) is 6.85. The van der Waals surface area contributed by atoms with E-state index >= 15 is 0 Å². The smallest absolute Gasteiger partial charge is 0.122 e. The summed E-state index contributed by atoms with van der Waals surface area (Å²) in [6.07, 6.45) is 0. The van der Waals surface area contributed by atoms with Crippen molar-refractivity contribution in [3.63, 3.8) is 0 Å². The molecule has 0 bridgehead atoms. The molecule has 1 aromatic carbocycles. The van der Waals surface area contributed by atoms with Crippen molar-refractivity contribution in [1.29, 1.82) is 0 Å². The molecule has 0 amide bonds. The number of hydrogen-bond acceptors (Lipinski definition) is 3. The molecule has 0 saturated carbocycles. The van der Waals surface area contributed by atoms with Crippen LogP contribution in [0.2, 0.25) is 0 Å². The summed E-state index contributed by atoms with van der Waals surface area (Å²) in [7, 11) is 1.70. The van der Waals surface area contributed by atoms with Gasteiger partial charge in [-0.25, -0.2) is 0 Å². The molecule has 3 heteroatoms. The molecule has 108 valence electrons. The maximum absolute atomic E-state index is 9.40. The third-order valence-electron chi connectivity index (χ3n) is 3.36. The monoisotopic (exact) mass is 265 g/mol. The van der Waals surface area contributed by atoms with Gasteiger partial charge in [-0.3, -0.25) is 0 Å². The van der Waals surface area contributed by atoms with E-state index in [9.17, 15) is 5.11 Å². The van der Waals surface area contributed by atoms with Gasteiger partial charge in [0.25, 0.3) is 0 Å². The molecule has 3 nitrogen and oxygen atoms in total. The minimum atomic E-state index is 0.0234. The maximum atomic E-state index is 9.40. The van der Waals surface area contributed by atoms with Crippen LogP contribution in [0.25, 0.3) is 0 Å². The number of methoxy groups -OCH3 is 1. The molecule has 1 atom stereocenters. The van der Waals surface area contributed by atoms with Crippen molar-refractivity contribution >= 4 is 5.69 Å². The molecule has 0 aromatic heterocycles. The van der Waals surface area contributed by atoms with E-state index in [4.69, 9.17) is 4.74 Å². The van der Waals surface area contributed by atoms with Gasteiger partial charge in [0, 0.05) is 11.3 Å². The van der Waals surface area contributed by atoms with Gasteiger partial charge < -0.3 is 15.2 Å². The Balaban J connectivity index is 3.05. The summed E-state index contributed by atoms with van der Waals surface area (Å²) in [6.45, 7) is 10.8. The lowest BCUT2D eigenvalue weighted by Crippen LogP contribution is -2.29. The Kier molecular flexibility index (Phi) is 5.24. The predicted molar refractivity (Wildman–Crippen MR) is 81.0 cm³/mol. The average Bonchev–Trinajstić information content (AvgIpc) is 2.34. The number of rotatable bonds is 5. The zero-order valence-corrected chi connectivity index (χ0v) is 12.9. The molecular formula is C16H27NO2. The number of anilines is 1. The van der Waals surface area contributed by atoms with Crippen LogP contribution >= 0.6 is 0 Å². The van der Waals surface area contributed by atoms with Crippen molar-refractivity contribution in [2.24, 2.45) is 5.92 Å². The molecule has 19 heavy (non-hydrogen) atoms. The van der Waals surface area contributed by atoms with Crippen LogP contribution in [0, 0.1) is 5.92 Å².